The van der Waals surface area contributed by atoms with Crippen molar-refractivity contribution in [2.24, 2.45) is 0 Å². The maximum Gasteiger partial charge on any atom is 0.160 e. The van der Waals surface area contributed by atoms with Crippen LogP contribution in [0.15, 0.2) is 66.1 Å². The molecule has 2 nitrogen and oxygen atoms in total. The zero-order valence-electron chi connectivity index (χ0n) is 10.6. The van der Waals surface area contributed by atoms with Crippen molar-refractivity contribution in [2.45, 2.75) is 6.92 Å². The van der Waals surface area contributed by atoms with Crippen molar-refractivity contribution in [3.63, 3.8) is 0 Å². The van der Waals surface area contributed by atoms with E-state index in [4.69, 9.17) is 0 Å². The maximum absolute atomic E-state index is 4.61. The molecular weight excluding hydrogens is 232 g/mol. The van der Waals surface area contributed by atoms with Crippen molar-refractivity contribution >= 4 is 5.57 Å². The Morgan fingerprint density at radius 1 is 1.05 bits per heavy atom. The topological polar surface area (TPSA) is 25.8 Å². The quantitative estimate of drug-likeness (QED) is 0.752. The van der Waals surface area contributed by atoms with Gasteiger partial charge in [-0.3, -0.25) is 0 Å². The third-order valence-corrected chi connectivity index (χ3v) is 2.81. The van der Waals surface area contributed by atoms with Crippen LogP contribution in [-0.4, -0.2) is 9.97 Å². The maximum atomic E-state index is 4.61. The molecule has 2 aromatic rings. The van der Waals surface area contributed by atoms with Gasteiger partial charge in [0.05, 0.1) is 11.3 Å². The molecule has 0 bridgehead atoms. The van der Waals surface area contributed by atoms with Crippen LogP contribution in [0.2, 0.25) is 0 Å². The largest absolute Gasteiger partial charge is 0.233 e. The van der Waals surface area contributed by atoms with Crippen molar-refractivity contribution in [1.82, 2.24) is 9.97 Å². The summed E-state index contributed by atoms with van der Waals surface area (Å²) in [5.41, 5.74) is 9.81. The second-order valence-electron chi connectivity index (χ2n) is 4.29. The zero-order chi connectivity index (χ0) is 13.1. The van der Waals surface area contributed by atoms with Crippen molar-refractivity contribution in [3.05, 3.63) is 77.5 Å². The summed E-state index contributed by atoms with van der Waals surface area (Å²) < 4.78 is 0. The lowest BCUT2D eigenvalue weighted by molar-refractivity contribution is 1.09. The lowest BCUT2D eigenvalue weighted by atomic mass is 10.1. The van der Waals surface area contributed by atoms with Gasteiger partial charge in [-0.25, -0.2) is 9.97 Å². The number of benzene rings is 1. The summed E-state index contributed by atoms with van der Waals surface area (Å²) in [5, 5.41) is 0. The van der Waals surface area contributed by atoms with Crippen LogP contribution in [0.4, 0.5) is 0 Å². The molecular formula is C17H12N2. The van der Waals surface area contributed by atoms with Gasteiger partial charge in [0.15, 0.2) is 5.82 Å². The number of hydrogen-bond acceptors (Lipinski definition) is 2. The second-order valence-corrected chi connectivity index (χ2v) is 4.29. The van der Waals surface area contributed by atoms with Gasteiger partial charge in [0.1, 0.15) is 0 Å². The smallest absolute Gasteiger partial charge is 0.160 e. The van der Waals surface area contributed by atoms with E-state index in [1.807, 2.05) is 61.5 Å². The van der Waals surface area contributed by atoms with Gasteiger partial charge in [0.2, 0.25) is 0 Å². The van der Waals surface area contributed by atoms with E-state index in [1.165, 1.54) is 0 Å². The Kier molecular flexibility index (Phi) is 2.96. The number of aryl methyl sites for hydroxylation is 1. The van der Waals surface area contributed by atoms with Crippen LogP contribution in [0.25, 0.3) is 17.0 Å². The highest BCUT2D eigenvalue weighted by atomic mass is 14.9. The van der Waals surface area contributed by atoms with Crippen molar-refractivity contribution in [1.29, 1.82) is 0 Å². The van der Waals surface area contributed by atoms with Gasteiger partial charge in [0.25, 0.3) is 0 Å². The first-order valence-corrected chi connectivity index (χ1v) is 6.13. The number of hydrogen-bond donors (Lipinski definition) is 0. The summed E-state index contributed by atoms with van der Waals surface area (Å²) in [6, 6.07) is 12.0. The average Bonchev–Trinajstić information content (AvgIpc) is 2.48. The van der Waals surface area contributed by atoms with E-state index in [1.54, 1.807) is 0 Å². The molecule has 0 saturated carbocycles. The summed E-state index contributed by atoms with van der Waals surface area (Å²) in [7, 11) is 0. The van der Waals surface area contributed by atoms with Crippen LogP contribution >= 0.6 is 0 Å². The molecule has 19 heavy (non-hydrogen) atoms. The van der Waals surface area contributed by atoms with Crippen LogP contribution in [0.1, 0.15) is 11.4 Å². The molecule has 2 heteroatoms. The first-order valence-electron chi connectivity index (χ1n) is 6.13. The predicted octanol–water partition coefficient (Wildman–Crippen LogP) is 3.72. The second kappa shape index (κ2) is 4.91. The van der Waals surface area contributed by atoms with Crippen molar-refractivity contribution < 1.29 is 0 Å². The minimum Gasteiger partial charge on any atom is -0.233 e. The molecule has 0 amide bonds. The van der Waals surface area contributed by atoms with E-state index in [2.05, 4.69) is 21.4 Å². The molecule has 0 unspecified atom stereocenters. The van der Waals surface area contributed by atoms with Gasteiger partial charge in [0, 0.05) is 11.3 Å². The Labute approximate surface area is 112 Å². The summed E-state index contributed by atoms with van der Waals surface area (Å²) in [4.78, 5) is 9.11. The number of nitrogens with zero attached hydrogens (tertiary/aromatic N) is 2. The molecule has 1 heterocycles. The minimum atomic E-state index is 0.743. The lowest BCUT2D eigenvalue weighted by Crippen LogP contribution is -1.96. The van der Waals surface area contributed by atoms with E-state index in [0.29, 0.717) is 0 Å². The summed E-state index contributed by atoms with van der Waals surface area (Å²) in [6.07, 6.45) is 5.74. The summed E-state index contributed by atoms with van der Waals surface area (Å²) in [5.74, 6) is 0.743. The SMILES string of the molecule is Cc1cc(C2=C=C=CC=C2)nc(-c2ccccc2)n1. The normalized spacial score (nSPS) is 12.6. The molecule has 1 aromatic carbocycles. The van der Waals surface area contributed by atoms with Gasteiger partial charge in [-0.2, -0.15) is 0 Å². The molecule has 0 radical (unpaired) electrons. The highest BCUT2D eigenvalue weighted by Crippen LogP contribution is 2.20. The highest BCUT2D eigenvalue weighted by molar-refractivity contribution is 5.73. The Balaban J connectivity index is 2.14. The first kappa shape index (κ1) is 11.4. The standard InChI is InChI=1S/C17H12N2/c1-13-12-16(14-8-4-2-5-9-14)19-17(18-13)15-10-6-3-7-11-15/h2-4,6-8,10-12H,1H3. The van der Waals surface area contributed by atoms with E-state index in [-0.39, 0.29) is 0 Å². The minimum absolute atomic E-state index is 0.743. The van der Waals surface area contributed by atoms with E-state index in [9.17, 15) is 0 Å². The zero-order valence-corrected chi connectivity index (χ0v) is 10.6. The molecule has 1 aliphatic rings. The Morgan fingerprint density at radius 3 is 2.63 bits per heavy atom. The monoisotopic (exact) mass is 244 g/mol. The van der Waals surface area contributed by atoms with Crippen LogP contribution in [0.3, 0.4) is 0 Å². The molecule has 0 saturated heterocycles. The van der Waals surface area contributed by atoms with Crippen LogP contribution < -0.4 is 0 Å². The van der Waals surface area contributed by atoms with E-state index in [0.717, 1.165) is 28.3 Å². The fourth-order valence-corrected chi connectivity index (χ4v) is 1.93. The van der Waals surface area contributed by atoms with Gasteiger partial charge in [-0.05, 0) is 25.1 Å². The fourth-order valence-electron chi connectivity index (χ4n) is 1.93. The Hall–Kier alpha value is -2.66. The molecule has 0 atom stereocenters. The Morgan fingerprint density at radius 2 is 1.89 bits per heavy atom. The van der Waals surface area contributed by atoms with Gasteiger partial charge in [-0.15, -0.1) is 0 Å². The van der Waals surface area contributed by atoms with Crippen LogP contribution in [0, 0.1) is 6.92 Å². The predicted molar refractivity (Wildman–Crippen MR) is 76.3 cm³/mol. The molecule has 3 rings (SSSR count). The third-order valence-electron chi connectivity index (χ3n) is 2.81. The lowest BCUT2D eigenvalue weighted by Gasteiger charge is -2.06. The summed E-state index contributed by atoms with van der Waals surface area (Å²) >= 11 is 0. The highest BCUT2D eigenvalue weighted by Gasteiger charge is 2.07. The molecule has 0 N–H and O–H groups in total. The number of aromatic nitrogens is 2. The summed E-state index contributed by atoms with van der Waals surface area (Å²) in [6.45, 7) is 1.98. The van der Waals surface area contributed by atoms with Crippen molar-refractivity contribution in [3.8, 4) is 11.4 Å². The molecule has 0 fully saturated rings. The Bertz CT molecular complexity index is 742. The molecule has 0 aliphatic heterocycles. The number of allylic oxidation sites excluding steroid dienone is 4. The molecule has 90 valence electrons. The van der Waals surface area contributed by atoms with Crippen molar-refractivity contribution in [2.75, 3.05) is 0 Å². The van der Waals surface area contributed by atoms with Gasteiger partial charge in [-0.1, -0.05) is 47.9 Å². The van der Waals surface area contributed by atoms with Gasteiger partial charge >= 0.3 is 0 Å². The van der Waals surface area contributed by atoms with Gasteiger partial charge < -0.3 is 0 Å². The average molecular weight is 244 g/mol. The number of rotatable bonds is 2. The molecule has 1 aliphatic carbocycles. The van der Waals surface area contributed by atoms with E-state index >= 15 is 0 Å². The first-order chi connectivity index (χ1) is 9.33. The molecule has 0 spiro atoms. The molecule has 1 aromatic heterocycles. The van der Waals surface area contributed by atoms with E-state index < -0.39 is 0 Å². The third kappa shape index (κ3) is 2.46. The fraction of sp³-hybridized carbons (Fsp3) is 0.0588. The van der Waals surface area contributed by atoms with Crippen LogP contribution in [0.5, 0.6) is 0 Å². The van der Waals surface area contributed by atoms with Crippen LogP contribution in [-0.2, 0) is 0 Å².